The van der Waals surface area contributed by atoms with E-state index in [-0.39, 0.29) is 94.4 Å². The van der Waals surface area contributed by atoms with E-state index < -0.39 is 36.4 Å². The first-order chi connectivity index (χ1) is 5.78. The maximum atomic E-state index is 10.3. The van der Waals surface area contributed by atoms with Crippen LogP contribution in [0.3, 0.4) is 0 Å². The van der Waals surface area contributed by atoms with Crippen LogP contribution in [0.2, 0.25) is 0 Å². The van der Waals surface area contributed by atoms with Gasteiger partial charge in [-0.15, -0.1) is 0 Å². The summed E-state index contributed by atoms with van der Waals surface area (Å²) in [6.45, 7) is 0. The van der Waals surface area contributed by atoms with Crippen molar-refractivity contribution in [3.05, 3.63) is 0 Å². The fourth-order valence-corrected chi connectivity index (χ4v) is 0.714. The SMILES string of the molecule is O=C(O)CC(O)(CC(=O)O)C(=O)O.[H+].[H-].[H-].[H-].[Na+].[Na+].[Na+]. The Kier molecular flexibility index (Phi) is 18.7. The van der Waals surface area contributed by atoms with Crippen molar-refractivity contribution in [2.75, 3.05) is 0 Å². The molecule has 0 aliphatic rings. The van der Waals surface area contributed by atoms with Crippen molar-refractivity contribution in [2.45, 2.75) is 18.4 Å². The molecule has 0 spiro atoms. The Morgan fingerprint density at radius 2 is 1.19 bits per heavy atom. The number of carbonyl (C=O) groups is 3. The van der Waals surface area contributed by atoms with Gasteiger partial charge in [0.2, 0.25) is 0 Å². The Balaban J connectivity index is -0.0000000343. The Labute approximate surface area is 163 Å². The summed E-state index contributed by atoms with van der Waals surface area (Å²) in [5.41, 5.74) is -2.74. The van der Waals surface area contributed by atoms with Crippen molar-refractivity contribution in [3.63, 3.8) is 0 Å². The third-order valence-electron chi connectivity index (χ3n) is 1.29. The van der Waals surface area contributed by atoms with E-state index in [1.54, 1.807) is 0 Å². The van der Waals surface area contributed by atoms with Gasteiger partial charge in [0.1, 0.15) is 0 Å². The molecule has 0 heterocycles. The summed E-state index contributed by atoms with van der Waals surface area (Å²) in [6.07, 6.45) is -2.29. The normalized spacial score (nSPS) is 8.81. The van der Waals surface area contributed by atoms with E-state index in [4.69, 9.17) is 20.4 Å². The van der Waals surface area contributed by atoms with Crippen LogP contribution in [-0.4, -0.2) is 43.9 Å². The summed E-state index contributed by atoms with van der Waals surface area (Å²) in [5, 5.41) is 33.8. The minimum Gasteiger partial charge on any atom is -1.00 e. The van der Waals surface area contributed by atoms with Crippen LogP contribution in [0.5, 0.6) is 0 Å². The van der Waals surface area contributed by atoms with Crippen molar-refractivity contribution in [1.29, 1.82) is 0 Å². The van der Waals surface area contributed by atoms with Crippen LogP contribution in [0.25, 0.3) is 0 Å². The standard InChI is InChI=1S/C6H8O7.3Na.3H/c7-3(8)1-6(13,5(11)12)2-4(9)10;;;;;;/h13H,1-2H2,(H,7,8)(H,9,10)(H,11,12);;;;;;/q;3*+1;3*-1/p+1. The molecule has 0 bridgehead atoms. The average Bonchev–Trinajstić information content (AvgIpc) is 1.82. The van der Waals surface area contributed by atoms with Gasteiger partial charge in [-0.05, 0) is 0 Å². The van der Waals surface area contributed by atoms with E-state index in [0.717, 1.165) is 0 Å². The Bertz CT molecular complexity index is 253. The number of hydrogen-bond donors (Lipinski definition) is 4. The van der Waals surface area contributed by atoms with E-state index in [1.165, 1.54) is 0 Å². The van der Waals surface area contributed by atoms with E-state index in [9.17, 15) is 14.4 Å². The number of aliphatic carboxylic acids is 3. The molecule has 0 rings (SSSR count). The zero-order valence-corrected chi connectivity index (χ0v) is 15.4. The van der Waals surface area contributed by atoms with Crippen molar-refractivity contribution < 1.29 is 129 Å². The van der Waals surface area contributed by atoms with Gasteiger partial charge in [-0.1, -0.05) is 0 Å². The van der Waals surface area contributed by atoms with E-state index in [2.05, 4.69) is 0 Å². The maximum Gasteiger partial charge on any atom is 1.00 e. The summed E-state index contributed by atoms with van der Waals surface area (Å²) < 4.78 is 0. The summed E-state index contributed by atoms with van der Waals surface area (Å²) in [4.78, 5) is 30.5. The minimum absolute atomic E-state index is 0. The molecular weight excluding hydrogens is 253 g/mol. The monoisotopic (exact) mass is 265 g/mol. The molecule has 0 aliphatic heterocycles. The molecule has 0 radical (unpaired) electrons. The summed E-state index contributed by atoms with van der Waals surface area (Å²) in [6, 6.07) is 0. The number of carboxylic acid groups (broad SMARTS) is 3. The Morgan fingerprint density at radius 1 is 0.938 bits per heavy atom. The summed E-state index contributed by atoms with van der Waals surface area (Å²) >= 11 is 0. The first kappa shape index (κ1) is 26.0. The van der Waals surface area contributed by atoms with Gasteiger partial charge >= 0.3 is 108 Å². The fourth-order valence-electron chi connectivity index (χ4n) is 0.714. The predicted molar refractivity (Wildman–Crippen MR) is 41.5 cm³/mol. The largest absolute Gasteiger partial charge is 1.00 e. The van der Waals surface area contributed by atoms with Crippen LogP contribution >= 0.6 is 0 Å². The van der Waals surface area contributed by atoms with Crippen LogP contribution in [0.4, 0.5) is 0 Å². The number of hydrogen-bond acceptors (Lipinski definition) is 4. The van der Waals surface area contributed by atoms with Crippen LogP contribution in [-0.2, 0) is 14.4 Å². The molecular formula is C6H12Na3O7+. The van der Waals surface area contributed by atoms with Gasteiger partial charge in [0.15, 0.2) is 5.60 Å². The van der Waals surface area contributed by atoms with Gasteiger partial charge in [-0.2, -0.15) is 0 Å². The molecule has 0 amide bonds. The van der Waals surface area contributed by atoms with Gasteiger partial charge in [0.05, 0.1) is 12.8 Å². The number of aliphatic hydroxyl groups is 1. The minimum atomic E-state index is -2.74. The topological polar surface area (TPSA) is 132 Å². The van der Waals surface area contributed by atoms with Crippen LogP contribution in [0, 0.1) is 0 Å². The third kappa shape index (κ3) is 10.5. The molecule has 0 aromatic rings. The van der Waals surface area contributed by atoms with E-state index in [0.29, 0.717) is 0 Å². The molecule has 0 unspecified atom stereocenters. The summed E-state index contributed by atoms with van der Waals surface area (Å²) in [5.74, 6) is -5.02. The van der Waals surface area contributed by atoms with Crippen molar-refractivity contribution >= 4 is 17.9 Å². The molecule has 0 fully saturated rings. The van der Waals surface area contributed by atoms with Crippen molar-refractivity contribution in [1.82, 2.24) is 0 Å². The number of rotatable bonds is 5. The molecule has 0 aromatic heterocycles. The molecule has 0 saturated carbocycles. The zero-order valence-electron chi connectivity index (χ0n) is 13.4. The molecule has 0 saturated heterocycles. The van der Waals surface area contributed by atoms with Gasteiger partial charge < -0.3 is 24.7 Å². The van der Waals surface area contributed by atoms with Crippen molar-refractivity contribution in [3.8, 4) is 0 Å². The van der Waals surface area contributed by atoms with Gasteiger partial charge in [-0.25, -0.2) is 4.79 Å². The zero-order chi connectivity index (χ0) is 10.6. The van der Waals surface area contributed by atoms with Gasteiger partial charge in [-0.3, -0.25) is 9.59 Å². The van der Waals surface area contributed by atoms with Crippen LogP contribution < -0.4 is 88.7 Å². The molecule has 0 aliphatic carbocycles. The fraction of sp³-hybridized carbons (Fsp3) is 0.500. The van der Waals surface area contributed by atoms with E-state index in [1.807, 2.05) is 0 Å². The first-order valence-electron chi connectivity index (χ1n) is 3.17. The van der Waals surface area contributed by atoms with Gasteiger partial charge in [0.25, 0.3) is 0 Å². The quantitative estimate of drug-likeness (QED) is 0.363. The predicted octanol–water partition coefficient (Wildman–Crippen LogP) is -9.79. The maximum absolute atomic E-state index is 10.3. The van der Waals surface area contributed by atoms with Crippen LogP contribution in [0.15, 0.2) is 0 Å². The molecule has 0 atom stereocenters. The molecule has 7 nitrogen and oxygen atoms in total. The Hall–Kier alpha value is 1.37. The molecule has 10 heteroatoms. The summed E-state index contributed by atoms with van der Waals surface area (Å²) in [7, 11) is 0. The first-order valence-corrected chi connectivity index (χ1v) is 3.17. The average molecular weight is 265 g/mol. The third-order valence-corrected chi connectivity index (χ3v) is 1.29. The molecule has 4 N–H and O–H groups in total. The smallest absolute Gasteiger partial charge is 1.00 e. The molecule has 0 aromatic carbocycles. The second-order valence-electron chi connectivity index (χ2n) is 2.48. The second kappa shape index (κ2) is 11.5. The second-order valence-corrected chi connectivity index (χ2v) is 2.48. The molecule has 80 valence electrons. The Morgan fingerprint density at radius 3 is 1.31 bits per heavy atom. The van der Waals surface area contributed by atoms with Gasteiger partial charge in [0, 0.05) is 0 Å². The van der Waals surface area contributed by atoms with Crippen LogP contribution in [0.1, 0.15) is 18.5 Å². The molecule has 16 heavy (non-hydrogen) atoms. The number of carboxylic acids is 3. The van der Waals surface area contributed by atoms with E-state index >= 15 is 0 Å². The van der Waals surface area contributed by atoms with Crippen molar-refractivity contribution in [2.24, 2.45) is 0 Å².